The molecule has 2 heterocycles. The van der Waals surface area contributed by atoms with Crippen LogP contribution in [0.1, 0.15) is 33.1 Å². The number of unbranched alkanes of at least 4 members (excludes halogenated alkanes) is 1. The lowest BCUT2D eigenvalue weighted by Gasteiger charge is -2.22. The van der Waals surface area contributed by atoms with Crippen molar-refractivity contribution in [1.29, 1.82) is 0 Å². The van der Waals surface area contributed by atoms with Gasteiger partial charge in [0.15, 0.2) is 5.65 Å². The van der Waals surface area contributed by atoms with Crippen molar-refractivity contribution in [3.05, 3.63) is 12.7 Å². The summed E-state index contributed by atoms with van der Waals surface area (Å²) in [6.45, 7) is 3.96. The summed E-state index contributed by atoms with van der Waals surface area (Å²) in [7, 11) is 0. The van der Waals surface area contributed by atoms with Crippen LogP contribution in [0.2, 0.25) is 0 Å². The van der Waals surface area contributed by atoms with E-state index in [1.807, 2.05) is 13.8 Å². The number of fused-ring (bicyclic) bond motifs is 1. The van der Waals surface area contributed by atoms with Crippen molar-refractivity contribution in [1.82, 2.24) is 19.9 Å². The number of aromatic amines is 1. The van der Waals surface area contributed by atoms with Crippen LogP contribution < -0.4 is 5.73 Å². The first kappa shape index (κ1) is 15.6. The Kier molecular flexibility index (Phi) is 5.00. The van der Waals surface area contributed by atoms with Crippen molar-refractivity contribution in [2.24, 2.45) is 16.3 Å². The number of amidine groups is 1. The predicted octanol–water partition coefficient (Wildman–Crippen LogP) is 2.39. The molecule has 2 aromatic heterocycles. The number of H-pyrrole nitrogens is 1. The summed E-state index contributed by atoms with van der Waals surface area (Å²) < 4.78 is 0. The van der Waals surface area contributed by atoms with Crippen LogP contribution in [0.5, 0.6) is 0 Å². The van der Waals surface area contributed by atoms with E-state index in [1.165, 1.54) is 6.33 Å². The summed E-state index contributed by atoms with van der Waals surface area (Å²) in [5, 5.41) is 12.8. The SMILES string of the molecule is CC(C)(CCCCSc1ncnc2nc[nH]c12)C(N)=NO. The zero-order valence-electron chi connectivity index (χ0n) is 12.2. The number of thioether (sulfide) groups is 1. The number of aromatic nitrogens is 4. The highest BCUT2D eigenvalue weighted by Gasteiger charge is 2.22. The molecule has 0 saturated carbocycles. The Morgan fingerprint density at radius 1 is 1.38 bits per heavy atom. The van der Waals surface area contributed by atoms with Gasteiger partial charge in [0.2, 0.25) is 0 Å². The van der Waals surface area contributed by atoms with Crippen LogP contribution in [0.4, 0.5) is 0 Å². The maximum Gasteiger partial charge on any atom is 0.181 e. The molecule has 0 aliphatic rings. The van der Waals surface area contributed by atoms with Crippen molar-refractivity contribution in [3.8, 4) is 0 Å². The van der Waals surface area contributed by atoms with Gasteiger partial charge in [0.05, 0.1) is 6.33 Å². The smallest absolute Gasteiger partial charge is 0.181 e. The molecule has 21 heavy (non-hydrogen) atoms. The Hall–Kier alpha value is -1.83. The van der Waals surface area contributed by atoms with Crippen LogP contribution in [0.3, 0.4) is 0 Å². The van der Waals surface area contributed by atoms with Crippen molar-refractivity contribution in [2.75, 3.05) is 5.75 Å². The number of nitrogens with zero attached hydrogens (tertiary/aromatic N) is 4. The fourth-order valence-electron chi connectivity index (χ4n) is 1.95. The average molecular weight is 308 g/mol. The molecular weight excluding hydrogens is 288 g/mol. The molecule has 8 heteroatoms. The number of oxime groups is 1. The number of imidazole rings is 1. The molecule has 2 aromatic rings. The van der Waals surface area contributed by atoms with Gasteiger partial charge in [-0.1, -0.05) is 25.4 Å². The van der Waals surface area contributed by atoms with Crippen LogP contribution in [-0.2, 0) is 0 Å². The molecule has 0 atom stereocenters. The molecule has 0 saturated heterocycles. The second kappa shape index (κ2) is 6.75. The van der Waals surface area contributed by atoms with Crippen molar-refractivity contribution in [2.45, 2.75) is 38.1 Å². The zero-order valence-corrected chi connectivity index (χ0v) is 13.0. The summed E-state index contributed by atoms with van der Waals surface area (Å²) >= 11 is 1.69. The van der Waals surface area contributed by atoms with E-state index in [1.54, 1.807) is 18.1 Å². The highest BCUT2D eigenvalue weighted by Crippen LogP contribution is 2.26. The van der Waals surface area contributed by atoms with E-state index in [0.717, 1.165) is 35.6 Å². The molecule has 0 spiro atoms. The van der Waals surface area contributed by atoms with Gasteiger partial charge in [0.1, 0.15) is 22.7 Å². The zero-order chi connectivity index (χ0) is 15.3. The Labute approximate surface area is 127 Å². The second-order valence-corrected chi connectivity index (χ2v) is 6.54. The first-order valence-electron chi connectivity index (χ1n) is 6.79. The molecule has 0 aliphatic heterocycles. The van der Waals surface area contributed by atoms with E-state index in [9.17, 15) is 0 Å². The maximum atomic E-state index is 8.74. The minimum absolute atomic E-state index is 0.273. The topological polar surface area (TPSA) is 113 Å². The van der Waals surface area contributed by atoms with Gasteiger partial charge in [0, 0.05) is 5.41 Å². The van der Waals surface area contributed by atoms with Gasteiger partial charge in [0.25, 0.3) is 0 Å². The maximum absolute atomic E-state index is 8.74. The van der Waals surface area contributed by atoms with Gasteiger partial charge in [-0.3, -0.25) is 0 Å². The summed E-state index contributed by atoms with van der Waals surface area (Å²) in [4.78, 5) is 15.5. The van der Waals surface area contributed by atoms with Crippen LogP contribution in [0, 0.1) is 5.41 Å². The molecule has 0 unspecified atom stereocenters. The number of rotatable bonds is 7. The Balaban J connectivity index is 1.79. The minimum Gasteiger partial charge on any atom is -0.409 e. The number of hydrogen-bond acceptors (Lipinski definition) is 6. The fraction of sp³-hybridized carbons (Fsp3) is 0.538. The van der Waals surface area contributed by atoms with E-state index in [2.05, 4.69) is 25.1 Å². The quantitative estimate of drug-likeness (QED) is 0.138. The summed E-state index contributed by atoms with van der Waals surface area (Å²) in [5.41, 5.74) is 6.98. The Morgan fingerprint density at radius 3 is 2.95 bits per heavy atom. The lowest BCUT2D eigenvalue weighted by molar-refractivity contribution is 0.304. The normalized spacial score (nSPS) is 13.0. The number of hydrogen-bond donors (Lipinski definition) is 3. The molecule has 114 valence electrons. The van der Waals surface area contributed by atoms with E-state index in [0.29, 0.717) is 5.65 Å². The average Bonchev–Trinajstić information content (AvgIpc) is 2.95. The molecule has 0 radical (unpaired) electrons. The summed E-state index contributed by atoms with van der Waals surface area (Å²) in [6, 6.07) is 0. The summed E-state index contributed by atoms with van der Waals surface area (Å²) in [6.07, 6.45) is 6.09. The van der Waals surface area contributed by atoms with E-state index >= 15 is 0 Å². The Morgan fingerprint density at radius 2 is 2.19 bits per heavy atom. The molecular formula is C13H20N6OS. The first-order chi connectivity index (χ1) is 10.0. The van der Waals surface area contributed by atoms with Gasteiger partial charge >= 0.3 is 0 Å². The van der Waals surface area contributed by atoms with Gasteiger partial charge in [-0.15, -0.1) is 11.8 Å². The third-order valence-electron chi connectivity index (χ3n) is 3.42. The molecule has 0 fully saturated rings. The van der Waals surface area contributed by atoms with Gasteiger partial charge in [-0.2, -0.15) is 0 Å². The molecule has 0 bridgehead atoms. The third-order valence-corrected chi connectivity index (χ3v) is 4.50. The molecule has 0 aromatic carbocycles. The summed E-state index contributed by atoms with van der Waals surface area (Å²) in [5.74, 6) is 1.24. The molecule has 0 aliphatic carbocycles. The van der Waals surface area contributed by atoms with Crippen molar-refractivity contribution in [3.63, 3.8) is 0 Å². The van der Waals surface area contributed by atoms with Crippen LogP contribution in [0.15, 0.2) is 22.8 Å². The van der Waals surface area contributed by atoms with Crippen LogP contribution in [-0.4, -0.2) is 36.7 Å². The van der Waals surface area contributed by atoms with Crippen molar-refractivity contribution >= 4 is 28.8 Å². The van der Waals surface area contributed by atoms with Gasteiger partial charge < -0.3 is 15.9 Å². The lowest BCUT2D eigenvalue weighted by Crippen LogP contribution is -2.31. The predicted molar refractivity (Wildman–Crippen MR) is 83.4 cm³/mol. The Bertz CT molecular complexity index is 624. The number of nitrogens with one attached hydrogen (secondary N) is 1. The monoisotopic (exact) mass is 308 g/mol. The van der Waals surface area contributed by atoms with Crippen LogP contribution in [0.25, 0.3) is 11.2 Å². The van der Waals surface area contributed by atoms with E-state index < -0.39 is 0 Å². The fourth-order valence-corrected chi connectivity index (χ4v) is 2.91. The highest BCUT2D eigenvalue weighted by molar-refractivity contribution is 7.99. The molecule has 4 N–H and O–H groups in total. The standard InChI is InChI=1S/C13H20N6OS/c1-13(2,12(14)19-20)5-3-4-6-21-11-9-10(16-7-15-9)17-8-18-11/h7-8,20H,3-6H2,1-2H3,(H2,14,19)(H,15,16,17,18). The lowest BCUT2D eigenvalue weighted by atomic mass is 9.86. The molecule has 0 amide bonds. The third kappa shape index (κ3) is 3.84. The molecule has 2 rings (SSSR count). The van der Waals surface area contributed by atoms with Crippen molar-refractivity contribution < 1.29 is 5.21 Å². The van der Waals surface area contributed by atoms with Gasteiger partial charge in [-0.25, -0.2) is 15.0 Å². The van der Waals surface area contributed by atoms with E-state index in [-0.39, 0.29) is 11.3 Å². The minimum atomic E-state index is -0.273. The van der Waals surface area contributed by atoms with E-state index in [4.69, 9.17) is 10.9 Å². The second-order valence-electron chi connectivity index (χ2n) is 5.45. The molecule has 7 nitrogen and oxygen atoms in total. The number of nitrogens with two attached hydrogens (primary N) is 1. The van der Waals surface area contributed by atoms with Crippen LogP contribution >= 0.6 is 11.8 Å². The highest BCUT2D eigenvalue weighted by atomic mass is 32.2. The first-order valence-corrected chi connectivity index (χ1v) is 7.78. The van der Waals surface area contributed by atoms with Gasteiger partial charge in [-0.05, 0) is 18.6 Å². The largest absolute Gasteiger partial charge is 0.409 e.